The maximum absolute atomic E-state index is 2.61. The SMILES string of the molecule is C[C@H]([C]1[CH][CH][CH][C]1P(c1ccccc1)c1ccccc1)N(C)CN1CCCCC1.[CH]1[CH][CH][C](P(c2ccccc2)c2ccccc2)[CH]1.[Fe]. The third kappa shape index (κ3) is 9.91. The van der Waals surface area contributed by atoms with E-state index in [1.54, 1.807) is 0 Å². The summed E-state index contributed by atoms with van der Waals surface area (Å²) in [6.07, 6.45) is 19.7. The molecule has 0 unspecified atom stereocenters. The summed E-state index contributed by atoms with van der Waals surface area (Å²) < 4.78 is 0. The number of benzene rings is 4. The molecule has 3 fully saturated rings. The topological polar surface area (TPSA) is 6.48 Å². The van der Waals surface area contributed by atoms with Crippen LogP contribution >= 0.6 is 15.8 Å². The average molecular weight is 709 g/mol. The van der Waals surface area contributed by atoms with E-state index >= 15 is 0 Å². The number of rotatable bonds is 10. The maximum Gasteiger partial charge on any atom is 0.0506 e. The van der Waals surface area contributed by atoms with Crippen LogP contribution in [0.15, 0.2) is 121 Å². The molecule has 4 aromatic rings. The van der Waals surface area contributed by atoms with Gasteiger partial charge in [-0.05, 0) is 122 Å². The van der Waals surface area contributed by atoms with E-state index in [1.807, 2.05) is 0 Å². The van der Waals surface area contributed by atoms with Crippen molar-refractivity contribution in [3.63, 3.8) is 0 Å². The summed E-state index contributed by atoms with van der Waals surface area (Å²) in [5.74, 6) is 1.48. The zero-order chi connectivity index (χ0) is 32.3. The number of nitrogens with zero attached hydrogens (tertiary/aromatic N) is 2. The van der Waals surface area contributed by atoms with Crippen LogP contribution in [0.25, 0.3) is 0 Å². The quantitative estimate of drug-likeness (QED) is 0.122. The van der Waals surface area contributed by atoms with Crippen LogP contribution in [0.5, 0.6) is 0 Å². The summed E-state index contributed by atoms with van der Waals surface area (Å²) in [6, 6.07) is 44.0. The molecular formula is C43H46FeN2P2. The van der Waals surface area contributed by atoms with Gasteiger partial charge in [0.2, 0.25) is 0 Å². The fourth-order valence-corrected chi connectivity index (χ4v) is 11.3. The van der Waals surface area contributed by atoms with Crippen molar-refractivity contribution in [1.29, 1.82) is 0 Å². The zero-order valence-electron chi connectivity index (χ0n) is 28.1. The molecule has 2 aliphatic carbocycles. The predicted octanol–water partition coefficient (Wildman–Crippen LogP) is 8.10. The first-order valence-corrected chi connectivity index (χ1v) is 19.6. The van der Waals surface area contributed by atoms with Gasteiger partial charge >= 0.3 is 0 Å². The molecular weight excluding hydrogens is 662 g/mol. The Hall–Kier alpha value is -1.82. The van der Waals surface area contributed by atoms with Crippen LogP contribution in [0.1, 0.15) is 26.2 Å². The summed E-state index contributed by atoms with van der Waals surface area (Å²) in [7, 11) is 1.33. The van der Waals surface area contributed by atoms with E-state index in [9.17, 15) is 0 Å². The van der Waals surface area contributed by atoms with E-state index in [0.717, 1.165) is 6.67 Å². The average Bonchev–Trinajstić information content (AvgIpc) is 3.84. The van der Waals surface area contributed by atoms with Crippen LogP contribution in [-0.2, 0) is 17.1 Å². The molecule has 10 radical (unpaired) electrons. The molecule has 0 N–H and O–H groups in total. The second kappa shape index (κ2) is 19.5. The molecule has 246 valence electrons. The smallest absolute Gasteiger partial charge is 0.0506 e. The molecule has 5 heteroatoms. The molecule has 1 heterocycles. The summed E-state index contributed by atoms with van der Waals surface area (Å²) in [5.41, 5.74) is 2.91. The zero-order valence-corrected chi connectivity index (χ0v) is 30.9. The molecule has 0 spiro atoms. The minimum atomic E-state index is -0.547. The Balaban J connectivity index is 0.000000204. The van der Waals surface area contributed by atoms with Crippen molar-refractivity contribution in [3.8, 4) is 0 Å². The van der Waals surface area contributed by atoms with Gasteiger partial charge in [0.25, 0.3) is 0 Å². The Kier molecular flexibility index (Phi) is 15.2. The van der Waals surface area contributed by atoms with E-state index in [-0.39, 0.29) is 17.1 Å². The molecule has 4 aromatic carbocycles. The maximum atomic E-state index is 2.61. The van der Waals surface area contributed by atoms with Gasteiger partial charge in [-0.25, -0.2) is 0 Å². The Morgan fingerprint density at radius 1 is 0.562 bits per heavy atom. The number of likely N-dealkylation sites (tertiary alicyclic amines) is 1. The number of hydrogen-bond donors (Lipinski definition) is 0. The van der Waals surface area contributed by atoms with Crippen LogP contribution in [0.3, 0.4) is 0 Å². The van der Waals surface area contributed by atoms with E-state index in [0.29, 0.717) is 6.04 Å². The molecule has 1 aliphatic heterocycles. The molecule has 0 aromatic heterocycles. The van der Waals surface area contributed by atoms with Crippen LogP contribution < -0.4 is 21.2 Å². The third-order valence-corrected chi connectivity index (χ3v) is 14.0. The second-order valence-electron chi connectivity index (χ2n) is 12.3. The minimum Gasteiger partial charge on any atom is -0.290 e. The van der Waals surface area contributed by atoms with Crippen LogP contribution in [0.4, 0.5) is 0 Å². The van der Waals surface area contributed by atoms with Crippen molar-refractivity contribution >= 4 is 37.1 Å². The Bertz CT molecular complexity index is 1350. The molecule has 2 saturated carbocycles. The first kappa shape index (κ1) is 37.4. The standard InChI is InChI=1S/C26H32N2P.C17H14P.Fe/c1-22(27(2)21-28-19-10-5-11-20-28)25-17-12-18-26(25)29(23-13-6-3-7-14-23)24-15-8-4-9-16-24;1-3-9-15(10-4-1)18(17-13-7-8-14-17)16-11-5-2-6-12-16;/h3-4,6-9,12-18,22H,5,10-11,19-21H2,1-2H3;1-14H;/t22-;;/m1../s1. The van der Waals surface area contributed by atoms with Crippen molar-refractivity contribution in [3.05, 3.63) is 184 Å². The van der Waals surface area contributed by atoms with Crippen LogP contribution in [0, 0.1) is 62.2 Å². The first-order chi connectivity index (χ1) is 23.2. The largest absolute Gasteiger partial charge is 0.290 e. The first-order valence-electron chi connectivity index (χ1n) is 16.9. The van der Waals surface area contributed by atoms with Crippen molar-refractivity contribution in [2.75, 3.05) is 26.8 Å². The summed E-state index contributed by atoms with van der Waals surface area (Å²) in [4.78, 5) is 5.13. The molecule has 48 heavy (non-hydrogen) atoms. The fourth-order valence-electron chi connectivity index (χ4n) is 6.45. The summed E-state index contributed by atoms with van der Waals surface area (Å²) >= 11 is 0. The molecule has 2 nitrogen and oxygen atoms in total. The van der Waals surface area contributed by atoms with E-state index in [1.165, 1.54) is 70.8 Å². The van der Waals surface area contributed by atoms with Gasteiger partial charge in [0.05, 0.1) is 6.67 Å². The number of hydrogen-bond acceptors (Lipinski definition) is 2. The van der Waals surface area contributed by atoms with Crippen LogP contribution in [0.2, 0.25) is 0 Å². The van der Waals surface area contributed by atoms with Gasteiger partial charge in [-0.1, -0.05) is 128 Å². The molecule has 0 amide bonds. The molecule has 0 bridgehead atoms. The Morgan fingerprint density at radius 2 is 1.00 bits per heavy atom. The minimum absolute atomic E-state index is 0. The van der Waals surface area contributed by atoms with Gasteiger partial charge in [-0.3, -0.25) is 9.80 Å². The summed E-state index contributed by atoms with van der Waals surface area (Å²) in [5, 5.41) is 5.66. The molecule has 3 aliphatic rings. The predicted molar refractivity (Wildman–Crippen MR) is 205 cm³/mol. The van der Waals surface area contributed by atoms with Crippen molar-refractivity contribution in [2.45, 2.75) is 32.2 Å². The Morgan fingerprint density at radius 3 is 1.46 bits per heavy atom. The van der Waals surface area contributed by atoms with Gasteiger partial charge in [0.1, 0.15) is 0 Å². The molecule has 1 atom stereocenters. The fraction of sp³-hybridized carbons (Fsp3) is 0.209. The normalized spacial score (nSPS) is 18.5. The number of piperidine rings is 1. The van der Waals surface area contributed by atoms with E-state index in [4.69, 9.17) is 0 Å². The second-order valence-corrected chi connectivity index (χ2v) is 16.7. The molecule has 1 saturated heterocycles. The van der Waals surface area contributed by atoms with E-state index < -0.39 is 15.8 Å². The molecule has 7 rings (SSSR count). The van der Waals surface area contributed by atoms with Crippen molar-refractivity contribution < 1.29 is 17.1 Å². The van der Waals surface area contributed by atoms with E-state index in [2.05, 4.69) is 190 Å². The van der Waals surface area contributed by atoms with Crippen LogP contribution in [-0.4, -0.2) is 42.6 Å². The van der Waals surface area contributed by atoms with Gasteiger partial charge in [0.15, 0.2) is 0 Å². The van der Waals surface area contributed by atoms with Crippen molar-refractivity contribution in [2.24, 2.45) is 0 Å². The van der Waals surface area contributed by atoms with Crippen molar-refractivity contribution in [1.82, 2.24) is 9.80 Å². The monoisotopic (exact) mass is 708 g/mol. The van der Waals surface area contributed by atoms with Gasteiger partial charge < -0.3 is 0 Å². The van der Waals surface area contributed by atoms with Gasteiger partial charge in [-0.15, -0.1) is 0 Å². The third-order valence-electron chi connectivity index (χ3n) is 9.01. The van der Waals surface area contributed by atoms with Gasteiger partial charge in [0, 0.05) is 40.3 Å². The van der Waals surface area contributed by atoms with Gasteiger partial charge in [-0.2, -0.15) is 0 Å². The summed E-state index contributed by atoms with van der Waals surface area (Å²) in [6.45, 7) is 5.91. The Labute approximate surface area is 305 Å².